The van der Waals surface area contributed by atoms with E-state index in [1.165, 1.54) is 31.5 Å². The Kier molecular flexibility index (Phi) is 6.06. The molecule has 1 aromatic rings. The monoisotopic (exact) mass is 311 g/mol. The summed E-state index contributed by atoms with van der Waals surface area (Å²) in [6.07, 6.45) is 2.52. The molecule has 1 aromatic carbocycles. The van der Waals surface area contributed by atoms with Gasteiger partial charge in [-0.15, -0.1) is 0 Å². The SMILES string of the molecule is COc1ccc(CSC2CCN(C)CC2)c(OC)c1OC. The van der Waals surface area contributed by atoms with Gasteiger partial charge in [-0.2, -0.15) is 11.8 Å². The first-order chi connectivity index (χ1) is 10.2. The summed E-state index contributed by atoms with van der Waals surface area (Å²) in [5.41, 5.74) is 1.17. The van der Waals surface area contributed by atoms with Gasteiger partial charge in [-0.3, -0.25) is 0 Å². The minimum Gasteiger partial charge on any atom is -0.493 e. The highest BCUT2D eigenvalue weighted by Crippen LogP contribution is 2.41. The highest BCUT2D eigenvalue weighted by Gasteiger charge is 2.20. The summed E-state index contributed by atoms with van der Waals surface area (Å²) < 4.78 is 16.3. The molecule has 0 amide bonds. The summed E-state index contributed by atoms with van der Waals surface area (Å²) in [5.74, 6) is 3.12. The van der Waals surface area contributed by atoms with Crippen molar-refractivity contribution in [1.29, 1.82) is 0 Å². The molecule has 1 fully saturated rings. The molecule has 1 saturated heterocycles. The van der Waals surface area contributed by atoms with Crippen LogP contribution in [0.4, 0.5) is 0 Å². The lowest BCUT2D eigenvalue weighted by Crippen LogP contribution is -2.31. The number of nitrogens with zero attached hydrogens (tertiary/aromatic N) is 1. The maximum absolute atomic E-state index is 5.54. The maximum atomic E-state index is 5.54. The van der Waals surface area contributed by atoms with Gasteiger partial charge in [-0.25, -0.2) is 0 Å². The molecule has 0 aliphatic carbocycles. The third-order valence-electron chi connectivity index (χ3n) is 3.93. The number of ether oxygens (including phenoxy) is 3. The molecule has 1 heterocycles. The van der Waals surface area contributed by atoms with Crippen molar-refractivity contribution in [3.8, 4) is 17.2 Å². The van der Waals surface area contributed by atoms with E-state index in [4.69, 9.17) is 14.2 Å². The predicted molar refractivity (Wildman–Crippen MR) is 87.9 cm³/mol. The van der Waals surface area contributed by atoms with Gasteiger partial charge in [-0.05, 0) is 39.0 Å². The maximum Gasteiger partial charge on any atom is 0.203 e. The first-order valence-corrected chi connectivity index (χ1v) is 8.32. The topological polar surface area (TPSA) is 30.9 Å². The molecule has 0 N–H and O–H groups in total. The summed E-state index contributed by atoms with van der Waals surface area (Å²) in [6, 6.07) is 4.02. The fraction of sp³-hybridized carbons (Fsp3) is 0.625. The molecule has 0 bridgehead atoms. The zero-order valence-electron chi connectivity index (χ0n) is 13.3. The van der Waals surface area contributed by atoms with E-state index in [0.29, 0.717) is 11.5 Å². The molecule has 0 radical (unpaired) electrons. The average Bonchev–Trinajstić information content (AvgIpc) is 2.53. The average molecular weight is 311 g/mol. The van der Waals surface area contributed by atoms with Crippen LogP contribution >= 0.6 is 11.8 Å². The van der Waals surface area contributed by atoms with Crippen LogP contribution in [-0.4, -0.2) is 51.6 Å². The van der Waals surface area contributed by atoms with Crippen LogP contribution in [0.5, 0.6) is 17.2 Å². The van der Waals surface area contributed by atoms with Crippen molar-refractivity contribution in [2.75, 3.05) is 41.5 Å². The molecular formula is C16H25NO3S. The van der Waals surface area contributed by atoms with Crippen molar-refractivity contribution in [3.63, 3.8) is 0 Å². The summed E-state index contributed by atoms with van der Waals surface area (Å²) in [7, 11) is 7.16. The Morgan fingerprint density at radius 3 is 2.29 bits per heavy atom. The quantitative estimate of drug-likeness (QED) is 0.806. The number of piperidine rings is 1. The number of likely N-dealkylation sites (tertiary alicyclic amines) is 1. The molecule has 118 valence electrons. The molecule has 5 heteroatoms. The van der Waals surface area contributed by atoms with Crippen molar-refractivity contribution in [1.82, 2.24) is 4.90 Å². The number of hydrogen-bond donors (Lipinski definition) is 0. The number of hydrogen-bond acceptors (Lipinski definition) is 5. The van der Waals surface area contributed by atoms with Crippen LogP contribution in [0.25, 0.3) is 0 Å². The lowest BCUT2D eigenvalue weighted by Gasteiger charge is -2.28. The van der Waals surface area contributed by atoms with Gasteiger partial charge in [0.2, 0.25) is 5.75 Å². The van der Waals surface area contributed by atoms with Gasteiger partial charge >= 0.3 is 0 Å². The number of rotatable bonds is 6. The second-order valence-corrected chi connectivity index (χ2v) is 6.60. The number of thioether (sulfide) groups is 1. The molecular weight excluding hydrogens is 286 g/mol. The zero-order chi connectivity index (χ0) is 15.2. The van der Waals surface area contributed by atoms with Crippen LogP contribution in [0.2, 0.25) is 0 Å². The summed E-state index contributed by atoms with van der Waals surface area (Å²) in [6.45, 7) is 2.39. The molecule has 0 saturated carbocycles. The first kappa shape index (κ1) is 16.3. The fourth-order valence-electron chi connectivity index (χ4n) is 2.64. The second-order valence-electron chi connectivity index (χ2n) is 5.31. The molecule has 1 aliphatic heterocycles. The van der Waals surface area contributed by atoms with E-state index >= 15 is 0 Å². The van der Waals surface area contributed by atoms with E-state index in [9.17, 15) is 0 Å². The third kappa shape index (κ3) is 3.98. The Balaban J connectivity index is 2.05. The lowest BCUT2D eigenvalue weighted by atomic mass is 10.1. The Bertz CT molecular complexity index is 459. The van der Waals surface area contributed by atoms with E-state index in [1.807, 2.05) is 17.8 Å². The summed E-state index contributed by atoms with van der Waals surface area (Å²) in [5, 5.41) is 0.735. The molecule has 4 nitrogen and oxygen atoms in total. The van der Waals surface area contributed by atoms with Crippen LogP contribution in [-0.2, 0) is 5.75 Å². The van der Waals surface area contributed by atoms with Crippen molar-refractivity contribution in [2.45, 2.75) is 23.8 Å². The summed E-state index contributed by atoms with van der Waals surface area (Å²) >= 11 is 2.01. The Hall–Kier alpha value is -1.07. The van der Waals surface area contributed by atoms with Gasteiger partial charge < -0.3 is 19.1 Å². The third-order valence-corrected chi connectivity index (χ3v) is 5.35. The van der Waals surface area contributed by atoms with Gasteiger partial charge in [0, 0.05) is 16.6 Å². The van der Waals surface area contributed by atoms with Gasteiger partial charge in [0.1, 0.15) is 0 Å². The van der Waals surface area contributed by atoms with E-state index in [2.05, 4.69) is 18.0 Å². The smallest absolute Gasteiger partial charge is 0.203 e. The number of methoxy groups -OCH3 is 3. The van der Waals surface area contributed by atoms with Gasteiger partial charge in [-0.1, -0.05) is 6.07 Å². The van der Waals surface area contributed by atoms with Gasteiger partial charge in [0.05, 0.1) is 21.3 Å². The normalized spacial score (nSPS) is 16.8. The first-order valence-electron chi connectivity index (χ1n) is 7.27. The van der Waals surface area contributed by atoms with Crippen LogP contribution in [0.15, 0.2) is 12.1 Å². The van der Waals surface area contributed by atoms with Gasteiger partial charge in [0.25, 0.3) is 0 Å². The molecule has 0 aromatic heterocycles. The van der Waals surface area contributed by atoms with Crippen LogP contribution in [0.1, 0.15) is 18.4 Å². The largest absolute Gasteiger partial charge is 0.493 e. The minimum absolute atomic E-state index is 0.682. The standard InChI is InChI=1S/C16H25NO3S/c1-17-9-7-13(8-10-17)21-11-12-5-6-14(18-2)16(20-4)15(12)19-3/h5-6,13H,7-11H2,1-4H3. The van der Waals surface area contributed by atoms with Crippen molar-refractivity contribution in [3.05, 3.63) is 17.7 Å². The molecule has 0 unspecified atom stereocenters. The molecule has 21 heavy (non-hydrogen) atoms. The van der Waals surface area contributed by atoms with Crippen LogP contribution < -0.4 is 14.2 Å². The van der Waals surface area contributed by atoms with E-state index in [1.54, 1.807) is 21.3 Å². The Morgan fingerprint density at radius 1 is 1.05 bits per heavy atom. The van der Waals surface area contributed by atoms with Crippen molar-refractivity contribution in [2.24, 2.45) is 0 Å². The summed E-state index contributed by atoms with van der Waals surface area (Å²) in [4.78, 5) is 2.40. The zero-order valence-corrected chi connectivity index (χ0v) is 14.2. The predicted octanol–water partition coefficient (Wildman–Crippen LogP) is 3.04. The minimum atomic E-state index is 0.682. The second kappa shape index (κ2) is 7.80. The fourth-order valence-corrected chi connectivity index (χ4v) is 3.82. The Labute approximate surface area is 131 Å². The van der Waals surface area contributed by atoms with Crippen LogP contribution in [0, 0.1) is 0 Å². The number of benzene rings is 1. The van der Waals surface area contributed by atoms with Gasteiger partial charge in [0.15, 0.2) is 11.5 Å². The molecule has 1 aliphatic rings. The Morgan fingerprint density at radius 2 is 1.71 bits per heavy atom. The molecule has 2 rings (SSSR count). The van der Waals surface area contributed by atoms with E-state index in [-0.39, 0.29) is 0 Å². The van der Waals surface area contributed by atoms with Crippen LogP contribution in [0.3, 0.4) is 0 Å². The molecule has 0 atom stereocenters. The van der Waals surface area contributed by atoms with E-state index < -0.39 is 0 Å². The van der Waals surface area contributed by atoms with E-state index in [0.717, 1.165) is 16.8 Å². The lowest BCUT2D eigenvalue weighted by molar-refractivity contribution is 0.282. The molecule has 0 spiro atoms. The van der Waals surface area contributed by atoms with Crippen molar-refractivity contribution < 1.29 is 14.2 Å². The highest BCUT2D eigenvalue weighted by atomic mass is 32.2. The van der Waals surface area contributed by atoms with Crippen molar-refractivity contribution >= 4 is 11.8 Å². The highest BCUT2D eigenvalue weighted by molar-refractivity contribution is 7.99.